The van der Waals surface area contributed by atoms with Crippen LogP contribution in [-0.2, 0) is 4.79 Å². The lowest BCUT2D eigenvalue weighted by Gasteiger charge is -2.29. The first-order valence-electron chi connectivity index (χ1n) is 10.1. The third-order valence-corrected chi connectivity index (χ3v) is 5.52. The van der Waals surface area contributed by atoms with E-state index in [0.29, 0.717) is 16.8 Å². The highest BCUT2D eigenvalue weighted by molar-refractivity contribution is 6.31. The molecule has 0 aliphatic carbocycles. The quantitative estimate of drug-likeness (QED) is 0.715. The normalized spacial score (nSPS) is 20.4. The molecule has 1 fully saturated rings. The van der Waals surface area contributed by atoms with Crippen LogP contribution in [0.4, 0.5) is 15.8 Å². The molecule has 0 bridgehead atoms. The Labute approximate surface area is 170 Å². The number of nitrogens with zero attached hydrogens (tertiary/aromatic N) is 1. The molecule has 2 aliphatic rings. The summed E-state index contributed by atoms with van der Waals surface area (Å²) in [7, 11) is 2.18. The highest BCUT2D eigenvalue weighted by Crippen LogP contribution is 2.32. The van der Waals surface area contributed by atoms with Gasteiger partial charge in [-0.1, -0.05) is 0 Å². The lowest BCUT2D eigenvalue weighted by Crippen LogP contribution is -2.32. The SMILES string of the molecule is CN1CCCC(CCOc2ccc(NC=C3C(=O)Nc4cc(F)ccc43)cc2)C1. The number of benzene rings is 2. The van der Waals surface area contributed by atoms with Gasteiger partial charge >= 0.3 is 0 Å². The summed E-state index contributed by atoms with van der Waals surface area (Å²) in [5, 5.41) is 5.81. The Hall–Kier alpha value is -2.86. The fraction of sp³-hybridized carbons (Fsp3) is 0.348. The van der Waals surface area contributed by atoms with Gasteiger partial charge in [-0.2, -0.15) is 0 Å². The second kappa shape index (κ2) is 8.66. The Morgan fingerprint density at radius 2 is 2.10 bits per heavy atom. The smallest absolute Gasteiger partial charge is 0.257 e. The Morgan fingerprint density at radius 3 is 2.90 bits per heavy atom. The van der Waals surface area contributed by atoms with Gasteiger partial charge in [-0.05, 0) is 81.2 Å². The second-order valence-electron chi connectivity index (χ2n) is 7.78. The minimum absolute atomic E-state index is 0.244. The van der Waals surface area contributed by atoms with Crippen molar-refractivity contribution in [2.24, 2.45) is 5.92 Å². The first-order valence-corrected chi connectivity index (χ1v) is 10.1. The number of likely N-dealkylation sites (tertiary alicyclic amines) is 1. The van der Waals surface area contributed by atoms with Crippen LogP contribution in [0, 0.1) is 11.7 Å². The molecule has 0 saturated carbocycles. The number of ether oxygens (including phenoxy) is 1. The zero-order valence-corrected chi connectivity index (χ0v) is 16.6. The molecule has 2 N–H and O–H groups in total. The summed E-state index contributed by atoms with van der Waals surface area (Å²) in [4.78, 5) is 14.5. The third-order valence-electron chi connectivity index (χ3n) is 5.52. The number of hydrogen-bond acceptors (Lipinski definition) is 4. The third kappa shape index (κ3) is 4.77. The Bertz CT molecular complexity index is 911. The molecule has 1 unspecified atom stereocenters. The van der Waals surface area contributed by atoms with E-state index in [1.807, 2.05) is 24.3 Å². The van der Waals surface area contributed by atoms with Crippen LogP contribution in [0.15, 0.2) is 48.7 Å². The monoisotopic (exact) mass is 395 g/mol. The van der Waals surface area contributed by atoms with Crippen LogP contribution in [0.3, 0.4) is 0 Å². The number of amides is 1. The lowest BCUT2D eigenvalue weighted by atomic mass is 9.96. The van der Waals surface area contributed by atoms with E-state index in [-0.39, 0.29) is 11.7 Å². The number of hydrogen-bond donors (Lipinski definition) is 2. The van der Waals surface area contributed by atoms with Crippen LogP contribution in [0.1, 0.15) is 24.8 Å². The number of anilines is 2. The molecule has 5 nitrogen and oxygen atoms in total. The molecule has 2 heterocycles. The summed E-state index contributed by atoms with van der Waals surface area (Å²) in [6.45, 7) is 3.08. The average molecular weight is 395 g/mol. The van der Waals surface area contributed by atoms with Gasteiger partial charge < -0.3 is 20.3 Å². The Balaban J connectivity index is 1.31. The van der Waals surface area contributed by atoms with Crippen LogP contribution >= 0.6 is 0 Å². The van der Waals surface area contributed by atoms with Gasteiger partial charge in [0, 0.05) is 24.0 Å². The molecule has 4 rings (SSSR count). The molecule has 0 radical (unpaired) electrons. The summed E-state index contributed by atoms with van der Waals surface area (Å²) >= 11 is 0. The number of piperidine rings is 1. The summed E-state index contributed by atoms with van der Waals surface area (Å²) in [6, 6.07) is 12.0. The first kappa shape index (κ1) is 19.5. The molecule has 0 aromatic heterocycles. The highest BCUT2D eigenvalue weighted by atomic mass is 19.1. The van der Waals surface area contributed by atoms with Gasteiger partial charge in [0.15, 0.2) is 0 Å². The molecule has 1 saturated heterocycles. The van der Waals surface area contributed by atoms with E-state index in [4.69, 9.17) is 4.74 Å². The number of rotatable bonds is 6. The van der Waals surface area contributed by atoms with Crippen LogP contribution < -0.4 is 15.4 Å². The number of halogens is 1. The molecular formula is C23H26FN3O2. The lowest BCUT2D eigenvalue weighted by molar-refractivity contribution is -0.110. The standard InChI is InChI=1S/C23H26FN3O2/c1-27-11-2-3-16(15-27)10-12-29-19-7-5-18(6-8-19)25-14-21-20-9-4-17(24)13-22(20)26-23(21)28/h4-9,13-14,16,25H,2-3,10-12,15H2,1H3,(H,26,28). The summed E-state index contributed by atoms with van der Waals surface area (Å²) in [6.07, 6.45) is 5.28. The van der Waals surface area contributed by atoms with Crippen molar-refractivity contribution in [1.82, 2.24) is 4.90 Å². The summed E-state index contributed by atoms with van der Waals surface area (Å²) in [5.41, 5.74) is 2.52. The maximum Gasteiger partial charge on any atom is 0.257 e. The number of fused-ring (bicyclic) bond motifs is 1. The van der Waals surface area contributed by atoms with Gasteiger partial charge in [-0.3, -0.25) is 4.79 Å². The van der Waals surface area contributed by atoms with Crippen molar-refractivity contribution >= 4 is 22.9 Å². The van der Waals surface area contributed by atoms with Crippen molar-refractivity contribution in [1.29, 1.82) is 0 Å². The van der Waals surface area contributed by atoms with E-state index in [0.717, 1.165) is 36.9 Å². The van der Waals surface area contributed by atoms with E-state index >= 15 is 0 Å². The predicted molar refractivity (Wildman–Crippen MR) is 113 cm³/mol. The molecule has 0 spiro atoms. The minimum atomic E-state index is -0.371. The molecule has 1 atom stereocenters. The van der Waals surface area contributed by atoms with E-state index in [1.165, 1.54) is 31.5 Å². The molecule has 2 aliphatic heterocycles. The van der Waals surface area contributed by atoms with Gasteiger partial charge in [0.1, 0.15) is 11.6 Å². The minimum Gasteiger partial charge on any atom is -0.494 e. The summed E-state index contributed by atoms with van der Waals surface area (Å²) in [5.74, 6) is 0.942. The highest BCUT2D eigenvalue weighted by Gasteiger charge is 2.24. The van der Waals surface area contributed by atoms with Crippen LogP contribution in [0.2, 0.25) is 0 Å². The van der Waals surface area contributed by atoms with Crippen molar-refractivity contribution in [2.75, 3.05) is 37.4 Å². The maximum absolute atomic E-state index is 13.3. The first-order chi connectivity index (χ1) is 14.1. The van der Waals surface area contributed by atoms with Gasteiger partial charge in [0.25, 0.3) is 5.91 Å². The fourth-order valence-corrected chi connectivity index (χ4v) is 3.97. The van der Waals surface area contributed by atoms with Crippen LogP contribution in [0.25, 0.3) is 5.57 Å². The van der Waals surface area contributed by atoms with Crippen LogP contribution in [-0.4, -0.2) is 37.6 Å². The second-order valence-corrected chi connectivity index (χ2v) is 7.78. The molecular weight excluding hydrogens is 369 g/mol. The van der Waals surface area contributed by atoms with Crippen molar-refractivity contribution < 1.29 is 13.9 Å². The predicted octanol–water partition coefficient (Wildman–Crippen LogP) is 4.34. The molecule has 2 aromatic rings. The number of carbonyl (C=O) groups excluding carboxylic acids is 1. The zero-order valence-electron chi connectivity index (χ0n) is 16.6. The van der Waals surface area contributed by atoms with Crippen molar-refractivity contribution in [3.05, 3.63) is 60.0 Å². The topological polar surface area (TPSA) is 53.6 Å². The summed E-state index contributed by atoms with van der Waals surface area (Å²) < 4.78 is 19.2. The number of nitrogens with one attached hydrogen (secondary N) is 2. The zero-order chi connectivity index (χ0) is 20.2. The fourth-order valence-electron chi connectivity index (χ4n) is 3.97. The molecule has 29 heavy (non-hydrogen) atoms. The van der Waals surface area contributed by atoms with Crippen molar-refractivity contribution in [3.63, 3.8) is 0 Å². The van der Waals surface area contributed by atoms with E-state index in [2.05, 4.69) is 22.6 Å². The van der Waals surface area contributed by atoms with E-state index < -0.39 is 0 Å². The maximum atomic E-state index is 13.3. The van der Waals surface area contributed by atoms with E-state index in [9.17, 15) is 9.18 Å². The molecule has 6 heteroatoms. The van der Waals surface area contributed by atoms with Crippen molar-refractivity contribution in [3.8, 4) is 5.75 Å². The Kier molecular flexibility index (Phi) is 5.81. The molecule has 2 aromatic carbocycles. The van der Waals surface area contributed by atoms with E-state index in [1.54, 1.807) is 12.3 Å². The number of carbonyl (C=O) groups is 1. The van der Waals surface area contributed by atoms with Gasteiger partial charge in [0.2, 0.25) is 0 Å². The largest absolute Gasteiger partial charge is 0.494 e. The van der Waals surface area contributed by atoms with Crippen molar-refractivity contribution in [2.45, 2.75) is 19.3 Å². The molecule has 1 amide bonds. The van der Waals surface area contributed by atoms with Gasteiger partial charge in [-0.25, -0.2) is 4.39 Å². The Morgan fingerprint density at radius 1 is 1.28 bits per heavy atom. The van der Waals surface area contributed by atoms with Gasteiger partial charge in [0.05, 0.1) is 17.9 Å². The average Bonchev–Trinajstić information content (AvgIpc) is 3.01. The van der Waals surface area contributed by atoms with Gasteiger partial charge in [-0.15, -0.1) is 0 Å². The molecule has 152 valence electrons. The van der Waals surface area contributed by atoms with Crippen LogP contribution in [0.5, 0.6) is 5.75 Å².